The Bertz CT molecular complexity index is 504. The number of para-hydroxylation sites is 1. The number of nitrogens with two attached hydrogens (primary N) is 1. The number of carbonyl (C=O) groups is 1. The molecule has 0 bridgehead atoms. The summed E-state index contributed by atoms with van der Waals surface area (Å²) in [6.07, 6.45) is 0. The fourth-order valence-corrected chi connectivity index (χ4v) is 2.11. The van der Waals surface area contributed by atoms with Crippen molar-refractivity contribution in [3.63, 3.8) is 0 Å². The third-order valence-corrected chi connectivity index (χ3v) is 4.64. The van der Waals surface area contributed by atoms with E-state index in [1.165, 1.54) is 0 Å². The van der Waals surface area contributed by atoms with E-state index in [1.54, 1.807) is 12.0 Å². The number of methoxy groups -OCH3 is 1. The Balaban J connectivity index is 3.08. The standard InChI is InChI=1S/C17H28N2O2/c1-12(13-10-8-9-11-14(13)21-7)19(6)15(20)16(2,3)17(4,5)18/h8-12H,18H2,1-7H3. The molecule has 0 aromatic heterocycles. The molecule has 0 radical (unpaired) electrons. The van der Waals surface area contributed by atoms with E-state index < -0.39 is 11.0 Å². The molecule has 0 aliphatic rings. The van der Waals surface area contributed by atoms with Crippen molar-refractivity contribution in [1.82, 2.24) is 4.90 Å². The zero-order valence-electron chi connectivity index (χ0n) is 14.2. The smallest absolute Gasteiger partial charge is 0.230 e. The monoisotopic (exact) mass is 292 g/mol. The van der Waals surface area contributed by atoms with Gasteiger partial charge in [0.2, 0.25) is 5.91 Å². The average molecular weight is 292 g/mol. The summed E-state index contributed by atoms with van der Waals surface area (Å²) in [7, 11) is 3.45. The summed E-state index contributed by atoms with van der Waals surface area (Å²) in [5.74, 6) is 0.808. The molecule has 0 saturated heterocycles. The first-order valence-electron chi connectivity index (χ1n) is 7.23. The van der Waals surface area contributed by atoms with Crippen molar-refractivity contribution in [1.29, 1.82) is 0 Å². The first kappa shape index (κ1) is 17.5. The van der Waals surface area contributed by atoms with Crippen LogP contribution in [0.5, 0.6) is 5.75 Å². The van der Waals surface area contributed by atoms with E-state index in [9.17, 15) is 4.79 Å². The lowest BCUT2D eigenvalue weighted by atomic mass is 9.74. The third kappa shape index (κ3) is 3.38. The van der Waals surface area contributed by atoms with Crippen LogP contribution in [0.1, 0.15) is 46.2 Å². The van der Waals surface area contributed by atoms with Crippen molar-refractivity contribution >= 4 is 5.91 Å². The SMILES string of the molecule is COc1ccccc1C(C)N(C)C(=O)C(C)(C)C(C)(C)N. The summed E-state index contributed by atoms with van der Waals surface area (Å²) in [5, 5.41) is 0. The van der Waals surface area contributed by atoms with Gasteiger partial charge in [-0.1, -0.05) is 18.2 Å². The second-order valence-corrected chi connectivity index (χ2v) is 6.68. The Labute approximate surface area is 128 Å². The van der Waals surface area contributed by atoms with Crippen LogP contribution in [0.3, 0.4) is 0 Å². The molecule has 0 spiro atoms. The Hall–Kier alpha value is -1.55. The van der Waals surface area contributed by atoms with Gasteiger partial charge in [-0.25, -0.2) is 0 Å². The van der Waals surface area contributed by atoms with Crippen LogP contribution in [0, 0.1) is 5.41 Å². The Morgan fingerprint density at radius 1 is 1.24 bits per heavy atom. The van der Waals surface area contributed by atoms with E-state index in [2.05, 4.69) is 0 Å². The first-order chi connectivity index (χ1) is 9.54. The van der Waals surface area contributed by atoms with Gasteiger partial charge in [-0.05, 0) is 40.7 Å². The van der Waals surface area contributed by atoms with Crippen LogP contribution in [-0.4, -0.2) is 30.5 Å². The van der Waals surface area contributed by atoms with Gasteiger partial charge in [-0.2, -0.15) is 0 Å². The third-order valence-electron chi connectivity index (χ3n) is 4.64. The zero-order valence-corrected chi connectivity index (χ0v) is 14.2. The van der Waals surface area contributed by atoms with Crippen LogP contribution in [0.25, 0.3) is 0 Å². The molecule has 1 unspecified atom stereocenters. The minimum atomic E-state index is -0.655. The predicted molar refractivity (Wildman–Crippen MR) is 86.2 cm³/mol. The fourth-order valence-electron chi connectivity index (χ4n) is 2.11. The van der Waals surface area contributed by atoms with Gasteiger partial charge in [0.25, 0.3) is 0 Å². The summed E-state index contributed by atoms with van der Waals surface area (Å²) >= 11 is 0. The van der Waals surface area contributed by atoms with Gasteiger partial charge in [-0.3, -0.25) is 4.79 Å². The van der Waals surface area contributed by atoms with Gasteiger partial charge < -0.3 is 15.4 Å². The molecule has 0 saturated carbocycles. The van der Waals surface area contributed by atoms with Crippen molar-refractivity contribution in [3.05, 3.63) is 29.8 Å². The van der Waals surface area contributed by atoms with Gasteiger partial charge in [-0.15, -0.1) is 0 Å². The van der Waals surface area contributed by atoms with E-state index in [0.29, 0.717) is 0 Å². The van der Waals surface area contributed by atoms with Crippen LogP contribution in [0.15, 0.2) is 24.3 Å². The quantitative estimate of drug-likeness (QED) is 0.907. The van der Waals surface area contributed by atoms with Gasteiger partial charge in [0, 0.05) is 18.2 Å². The van der Waals surface area contributed by atoms with Gasteiger partial charge >= 0.3 is 0 Å². The molecule has 4 nitrogen and oxygen atoms in total. The molecule has 0 heterocycles. The topological polar surface area (TPSA) is 55.6 Å². The van der Waals surface area contributed by atoms with Crippen LogP contribution >= 0.6 is 0 Å². The van der Waals surface area contributed by atoms with Crippen molar-refractivity contribution in [2.24, 2.45) is 11.1 Å². The normalized spacial score (nSPS) is 13.7. The van der Waals surface area contributed by atoms with Crippen molar-refractivity contribution in [2.75, 3.05) is 14.2 Å². The van der Waals surface area contributed by atoms with E-state index in [4.69, 9.17) is 10.5 Å². The maximum Gasteiger partial charge on any atom is 0.230 e. The average Bonchev–Trinajstić information content (AvgIpc) is 2.43. The molecule has 1 aromatic rings. The maximum atomic E-state index is 12.8. The molecule has 0 aliphatic carbocycles. The summed E-state index contributed by atoms with van der Waals surface area (Å²) in [6, 6.07) is 7.67. The Kier molecular flexibility index (Phi) is 5.05. The second kappa shape index (κ2) is 6.06. The molecular weight excluding hydrogens is 264 g/mol. The molecule has 0 aliphatic heterocycles. The lowest BCUT2D eigenvalue weighted by Gasteiger charge is -2.41. The number of carbonyl (C=O) groups excluding carboxylic acids is 1. The predicted octanol–water partition coefficient (Wildman–Crippen LogP) is 2.98. The Morgan fingerprint density at radius 2 is 1.76 bits per heavy atom. The summed E-state index contributed by atoms with van der Waals surface area (Å²) in [5.41, 5.74) is 5.91. The number of benzene rings is 1. The maximum absolute atomic E-state index is 12.8. The molecule has 4 heteroatoms. The molecule has 21 heavy (non-hydrogen) atoms. The van der Waals surface area contributed by atoms with Crippen LogP contribution < -0.4 is 10.5 Å². The van der Waals surface area contributed by atoms with Gasteiger partial charge in [0.1, 0.15) is 5.75 Å². The first-order valence-corrected chi connectivity index (χ1v) is 7.23. The molecule has 118 valence electrons. The fraction of sp³-hybridized carbons (Fsp3) is 0.588. The van der Waals surface area contributed by atoms with E-state index in [1.807, 2.05) is 65.9 Å². The number of nitrogens with zero attached hydrogens (tertiary/aromatic N) is 1. The largest absolute Gasteiger partial charge is 0.496 e. The molecule has 1 aromatic carbocycles. The number of hydrogen-bond donors (Lipinski definition) is 1. The minimum Gasteiger partial charge on any atom is -0.496 e. The lowest BCUT2D eigenvalue weighted by molar-refractivity contribution is -0.144. The van der Waals surface area contributed by atoms with E-state index in [-0.39, 0.29) is 11.9 Å². The van der Waals surface area contributed by atoms with E-state index in [0.717, 1.165) is 11.3 Å². The minimum absolute atomic E-state index is 0.0217. The lowest BCUT2D eigenvalue weighted by Crippen LogP contribution is -2.56. The molecule has 2 N–H and O–H groups in total. The zero-order chi connectivity index (χ0) is 16.4. The molecule has 1 atom stereocenters. The van der Waals surface area contributed by atoms with Gasteiger partial charge in [0.05, 0.1) is 18.6 Å². The molecular formula is C17H28N2O2. The van der Waals surface area contributed by atoms with Crippen molar-refractivity contribution in [3.8, 4) is 5.75 Å². The highest BCUT2D eigenvalue weighted by molar-refractivity contribution is 5.83. The highest BCUT2D eigenvalue weighted by Crippen LogP contribution is 2.35. The summed E-state index contributed by atoms with van der Waals surface area (Å²) in [6.45, 7) is 9.54. The number of ether oxygens (including phenoxy) is 1. The second-order valence-electron chi connectivity index (χ2n) is 6.68. The van der Waals surface area contributed by atoms with E-state index >= 15 is 0 Å². The highest BCUT2D eigenvalue weighted by atomic mass is 16.5. The molecule has 0 fully saturated rings. The number of amides is 1. The van der Waals surface area contributed by atoms with Crippen molar-refractivity contribution < 1.29 is 9.53 Å². The Morgan fingerprint density at radius 3 is 2.24 bits per heavy atom. The van der Waals surface area contributed by atoms with Crippen molar-refractivity contribution in [2.45, 2.75) is 46.2 Å². The van der Waals surface area contributed by atoms with Crippen LogP contribution in [0.2, 0.25) is 0 Å². The molecule has 1 rings (SSSR count). The molecule has 1 amide bonds. The number of hydrogen-bond acceptors (Lipinski definition) is 3. The van der Waals surface area contributed by atoms with Crippen LogP contribution in [-0.2, 0) is 4.79 Å². The highest BCUT2D eigenvalue weighted by Gasteiger charge is 2.43. The summed E-state index contributed by atoms with van der Waals surface area (Å²) in [4.78, 5) is 14.6. The number of rotatable bonds is 5. The van der Waals surface area contributed by atoms with Gasteiger partial charge in [0.15, 0.2) is 0 Å². The summed E-state index contributed by atoms with van der Waals surface area (Å²) < 4.78 is 5.39. The van der Waals surface area contributed by atoms with Crippen LogP contribution in [0.4, 0.5) is 0 Å².